The first-order valence-electron chi connectivity index (χ1n) is 7.45. The van der Waals surface area contributed by atoms with Gasteiger partial charge in [-0.2, -0.15) is 0 Å². The Kier molecular flexibility index (Phi) is 4.70. The third-order valence-electron chi connectivity index (χ3n) is 4.31. The maximum Gasteiger partial charge on any atom is 0.0564 e. The highest BCUT2D eigenvalue weighted by molar-refractivity contribution is 7.12. The zero-order chi connectivity index (χ0) is 14.0. The van der Waals surface area contributed by atoms with Gasteiger partial charge in [-0.15, -0.1) is 11.3 Å². The SMILES string of the molecule is CN(C1CCCC1)C(CN)c1ccc(C(C)(C)C)s1. The van der Waals surface area contributed by atoms with Gasteiger partial charge in [0, 0.05) is 22.3 Å². The summed E-state index contributed by atoms with van der Waals surface area (Å²) in [5.74, 6) is 0. The van der Waals surface area contributed by atoms with Gasteiger partial charge < -0.3 is 5.73 Å². The highest BCUT2D eigenvalue weighted by atomic mass is 32.1. The van der Waals surface area contributed by atoms with Crippen molar-refractivity contribution in [3.63, 3.8) is 0 Å². The lowest BCUT2D eigenvalue weighted by Crippen LogP contribution is -2.36. The van der Waals surface area contributed by atoms with E-state index in [9.17, 15) is 0 Å². The number of nitrogens with two attached hydrogens (primary N) is 1. The van der Waals surface area contributed by atoms with Gasteiger partial charge in [0.25, 0.3) is 0 Å². The first-order valence-corrected chi connectivity index (χ1v) is 8.27. The van der Waals surface area contributed by atoms with Gasteiger partial charge in [-0.25, -0.2) is 0 Å². The van der Waals surface area contributed by atoms with Crippen LogP contribution in [0, 0.1) is 0 Å². The molecule has 1 unspecified atom stereocenters. The Morgan fingerprint density at radius 1 is 1.32 bits per heavy atom. The van der Waals surface area contributed by atoms with E-state index in [0.29, 0.717) is 6.04 Å². The standard InChI is InChI=1S/C16H28N2S/c1-16(2,3)15-10-9-14(19-15)13(11-17)18(4)12-7-5-6-8-12/h9-10,12-13H,5-8,11,17H2,1-4H3. The van der Waals surface area contributed by atoms with Gasteiger partial charge >= 0.3 is 0 Å². The van der Waals surface area contributed by atoms with Crippen LogP contribution in [0.15, 0.2) is 12.1 Å². The minimum Gasteiger partial charge on any atom is -0.329 e. The molecular formula is C16H28N2S. The molecule has 0 aromatic carbocycles. The summed E-state index contributed by atoms with van der Waals surface area (Å²) in [4.78, 5) is 5.41. The third-order valence-corrected chi connectivity index (χ3v) is 5.92. The fourth-order valence-electron chi connectivity index (χ4n) is 2.98. The van der Waals surface area contributed by atoms with Crippen molar-refractivity contribution in [1.82, 2.24) is 4.90 Å². The smallest absolute Gasteiger partial charge is 0.0564 e. The molecule has 0 radical (unpaired) electrons. The molecule has 1 saturated carbocycles. The second-order valence-corrected chi connectivity index (χ2v) is 7.92. The second kappa shape index (κ2) is 5.94. The Morgan fingerprint density at radius 2 is 1.95 bits per heavy atom. The zero-order valence-corrected chi connectivity index (χ0v) is 13.6. The van der Waals surface area contributed by atoms with Gasteiger partial charge in [-0.3, -0.25) is 4.90 Å². The van der Waals surface area contributed by atoms with Crippen LogP contribution in [0.1, 0.15) is 62.3 Å². The molecule has 0 saturated heterocycles. The highest BCUT2D eigenvalue weighted by Crippen LogP contribution is 2.36. The quantitative estimate of drug-likeness (QED) is 0.905. The maximum absolute atomic E-state index is 6.06. The molecular weight excluding hydrogens is 252 g/mol. The molecule has 2 N–H and O–H groups in total. The molecule has 1 aliphatic carbocycles. The molecule has 0 amide bonds. The summed E-state index contributed by atoms with van der Waals surface area (Å²) in [5.41, 5.74) is 6.30. The average molecular weight is 280 g/mol. The van der Waals surface area contributed by atoms with Gasteiger partial charge in [0.15, 0.2) is 0 Å². The summed E-state index contributed by atoms with van der Waals surface area (Å²) < 4.78 is 0. The largest absolute Gasteiger partial charge is 0.329 e. The molecule has 2 rings (SSSR count). The minimum absolute atomic E-state index is 0.244. The van der Waals surface area contributed by atoms with E-state index in [-0.39, 0.29) is 5.41 Å². The van der Waals surface area contributed by atoms with Crippen molar-refractivity contribution in [3.05, 3.63) is 21.9 Å². The molecule has 0 bridgehead atoms. The Bertz CT molecular complexity index is 399. The number of thiophene rings is 1. The van der Waals surface area contributed by atoms with Gasteiger partial charge in [-0.05, 0) is 37.4 Å². The summed E-state index contributed by atoms with van der Waals surface area (Å²) in [5, 5.41) is 0. The van der Waals surface area contributed by atoms with E-state index in [4.69, 9.17) is 5.73 Å². The Morgan fingerprint density at radius 3 is 2.42 bits per heavy atom. The molecule has 3 heteroatoms. The summed E-state index contributed by atoms with van der Waals surface area (Å²) >= 11 is 1.94. The lowest BCUT2D eigenvalue weighted by Gasteiger charge is -2.31. The fraction of sp³-hybridized carbons (Fsp3) is 0.750. The molecule has 1 aromatic rings. The molecule has 1 aromatic heterocycles. The van der Waals surface area contributed by atoms with Crippen LogP contribution in [-0.2, 0) is 5.41 Å². The maximum atomic E-state index is 6.06. The Hall–Kier alpha value is -0.380. The van der Waals surface area contributed by atoms with Crippen LogP contribution in [0.2, 0.25) is 0 Å². The summed E-state index contributed by atoms with van der Waals surface area (Å²) in [7, 11) is 2.25. The number of likely N-dealkylation sites (N-methyl/N-ethyl adjacent to an activating group) is 1. The van der Waals surface area contributed by atoms with Crippen molar-refractivity contribution in [2.75, 3.05) is 13.6 Å². The van der Waals surface area contributed by atoms with Crippen LogP contribution in [0.3, 0.4) is 0 Å². The van der Waals surface area contributed by atoms with Gasteiger partial charge in [0.2, 0.25) is 0 Å². The van der Waals surface area contributed by atoms with E-state index >= 15 is 0 Å². The van der Waals surface area contributed by atoms with E-state index in [1.807, 2.05) is 11.3 Å². The number of rotatable bonds is 4. The van der Waals surface area contributed by atoms with Crippen molar-refractivity contribution >= 4 is 11.3 Å². The van der Waals surface area contributed by atoms with E-state index in [1.54, 1.807) is 0 Å². The van der Waals surface area contributed by atoms with Crippen molar-refractivity contribution in [1.29, 1.82) is 0 Å². The molecule has 2 nitrogen and oxygen atoms in total. The molecule has 1 aliphatic rings. The van der Waals surface area contributed by atoms with Crippen LogP contribution in [0.25, 0.3) is 0 Å². The lowest BCUT2D eigenvalue weighted by atomic mass is 9.95. The third kappa shape index (κ3) is 3.39. The van der Waals surface area contributed by atoms with E-state index < -0.39 is 0 Å². The van der Waals surface area contributed by atoms with Crippen molar-refractivity contribution < 1.29 is 0 Å². The summed E-state index contributed by atoms with van der Waals surface area (Å²) in [6, 6.07) is 5.69. The van der Waals surface area contributed by atoms with E-state index in [2.05, 4.69) is 44.9 Å². The van der Waals surface area contributed by atoms with Crippen LogP contribution in [0.4, 0.5) is 0 Å². The van der Waals surface area contributed by atoms with Gasteiger partial charge in [-0.1, -0.05) is 33.6 Å². The predicted molar refractivity (Wildman–Crippen MR) is 84.8 cm³/mol. The molecule has 1 fully saturated rings. The van der Waals surface area contributed by atoms with Crippen LogP contribution in [0.5, 0.6) is 0 Å². The molecule has 0 aliphatic heterocycles. The summed E-state index contributed by atoms with van der Waals surface area (Å²) in [6.45, 7) is 7.55. The van der Waals surface area contributed by atoms with Crippen LogP contribution in [-0.4, -0.2) is 24.5 Å². The monoisotopic (exact) mass is 280 g/mol. The van der Waals surface area contributed by atoms with E-state index in [1.165, 1.54) is 35.4 Å². The van der Waals surface area contributed by atoms with Crippen LogP contribution < -0.4 is 5.73 Å². The molecule has 0 spiro atoms. The topological polar surface area (TPSA) is 29.3 Å². The molecule has 1 heterocycles. The zero-order valence-electron chi connectivity index (χ0n) is 12.8. The second-order valence-electron chi connectivity index (χ2n) is 6.81. The molecule has 1 atom stereocenters. The average Bonchev–Trinajstić information content (AvgIpc) is 3.00. The first-order chi connectivity index (χ1) is 8.93. The van der Waals surface area contributed by atoms with Crippen molar-refractivity contribution in [2.24, 2.45) is 5.73 Å². The van der Waals surface area contributed by atoms with Crippen molar-refractivity contribution in [3.8, 4) is 0 Å². The fourth-order valence-corrected chi connectivity index (χ4v) is 4.21. The van der Waals surface area contributed by atoms with E-state index in [0.717, 1.165) is 12.6 Å². The lowest BCUT2D eigenvalue weighted by molar-refractivity contribution is 0.182. The Labute approximate surface area is 122 Å². The molecule has 108 valence electrons. The number of hydrogen-bond acceptors (Lipinski definition) is 3. The van der Waals surface area contributed by atoms with Crippen molar-refractivity contribution in [2.45, 2.75) is 64.0 Å². The first kappa shape index (κ1) is 15.0. The molecule has 19 heavy (non-hydrogen) atoms. The normalized spacial score (nSPS) is 19.3. The van der Waals surface area contributed by atoms with Gasteiger partial charge in [0.05, 0.1) is 6.04 Å². The summed E-state index contributed by atoms with van der Waals surface area (Å²) in [6.07, 6.45) is 5.43. The number of nitrogens with zero attached hydrogens (tertiary/aromatic N) is 1. The minimum atomic E-state index is 0.244. The van der Waals surface area contributed by atoms with Gasteiger partial charge in [0.1, 0.15) is 0 Å². The predicted octanol–water partition coefficient (Wildman–Crippen LogP) is 3.92. The number of hydrogen-bond donors (Lipinski definition) is 1. The van der Waals surface area contributed by atoms with Crippen LogP contribution >= 0.6 is 11.3 Å². The highest BCUT2D eigenvalue weighted by Gasteiger charge is 2.27. The Balaban J connectivity index is 2.14.